The van der Waals surface area contributed by atoms with E-state index in [2.05, 4.69) is 25.9 Å². The van der Waals surface area contributed by atoms with Crippen LogP contribution in [0.25, 0.3) is 11.5 Å². The Labute approximate surface area is 154 Å². The molecule has 3 N–H and O–H groups in total. The van der Waals surface area contributed by atoms with Gasteiger partial charge in [-0.3, -0.25) is 9.79 Å². The number of carbonyl (C=O) groups is 1. The summed E-state index contributed by atoms with van der Waals surface area (Å²) in [6, 6.07) is 8.02. The number of hydrogen-bond donors (Lipinski definition) is 3. The molecule has 26 heavy (non-hydrogen) atoms. The largest absolute Gasteiger partial charge is 0.444 e. The summed E-state index contributed by atoms with van der Waals surface area (Å²) in [5.41, 5.74) is 2.36. The van der Waals surface area contributed by atoms with E-state index in [4.69, 9.17) is 4.42 Å². The van der Waals surface area contributed by atoms with Crippen molar-refractivity contribution < 1.29 is 9.21 Å². The molecule has 0 saturated heterocycles. The van der Waals surface area contributed by atoms with E-state index >= 15 is 0 Å². The first-order valence-corrected chi connectivity index (χ1v) is 8.54. The SMILES string of the molecule is CN=C(NCc1coc(-c2ccc(C)cc2)n1)NCC(C)(C)C(=O)NC. The molecule has 1 aromatic carbocycles. The summed E-state index contributed by atoms with van der Waals surface area (Å²) in [4.78, 5) is 20.5. The van der Waals surface area contributed by atoms with Crippen LogP contribution in [0, 0.1) is 12.3 Å². The lowest BCUT2D eigenvalue weighted by Gasteiger charge is -2.24. The van der Waals surface area contributed by atoms with Crippen LogP contribution in [0.15, 0.2) is 39.9 Å². The Morgan fingerprint density at radius 3 is 2.54 bits per heavy atom. The number of hydrogen-bond acceptors (Lipinski definition) is 4. The molecule has 0 radical (unpaired) electrons. The number of carbonyl (C=O) groups excluding carboxylic acids is 1. The Balaban J connectivity index is 1.91. The van der Waals surface area contributed by atoms with Gasteiger partial charge >= 0.3 is 0 Å². The molecule has 2 aromatic rings. The van der Waals surface area contributed by atoms with Crippen molar-refractivity contribution in [3.8, 4) is 11.5 Å². The molecular weight excluding hydrogens is 330 g/mol. The first-order chi connectivity index (χ1) is 12.4. The summed E-state index contributed by atoms with van der Waals surface area (Å²) in [7, 11) is 3.32. The lowest BCUT2D eigenvalue weighted by molar-refractivity contribution is -0.128. The molecule has 0 fully saturated rings. The Hall–Kier alpha value is -2.83. The van der Waals surface area contributed by atoms with Gasteiger partial charge in [-0.25, -0.2) is 4.98 Å². The minimum Gasteiger partial charge on any atom is -0.444 e. The molecule has 1 amide bonds. The lowest BCUT2D eigenvalue weighted by atomic mass is 9.92. The Morgan fingerprint density at radius 2 is 1.92 bits per heavy atom. The van der Waals surface area contributed by atoms with Crippen molar-refractivity contribution in [2.75, 3.05) is 20.6 Å². The number of nitrogens with zero attached hydrogens (tertiary/aromatic N) is 2. The van der Waals surface area contributed by atoms with Crippen LogP contribution in [0.5, 0.6) is 0 Å². The fraction of sp³-hybridized carbons (Fsp3) is 0.421. The predicted octanol–water partition coefficient (Wildman–Crippen LogP) is 2.09. The van der Waals surface area contributed by atoms with Gasteiger partial charge in [-0.2, -0.15) is 0 Å². The highest BCUT2D eigenvalue weighted by atomic mass is 16.3. The van der Waals surface area contributed by atoms with Crippen LogP contribution in [0.1, 0.15) is 25.1 Å². The van der Waals surface area contributed by atoms with Crippen LogP contribution in [0.4, 0.5) is 0 Å². The van der Waals surface area contributed by atoms with Crippen molar-refractivity contribution in [2.24, 2.45) is 10.4 Å². The van der Waals surface area contributed by atoms with Gasteiger partial charge in [0.25, 0.3) is 0 Å². The number of aromatic nitrogens is 1. The average Bonchev–Trinajstić information content (AvgIpc) is 3.10. The van der Waals surface area contributed by atoms with Crippen molar-refractivity contribution in [2.45, 2.75) is 27.3 Å². The number of oxazole rings is 1. The van der Waals surface area contributed by atoms with Crippen LogP contribution in [-0.2, 0) is 11.3 Å². The molecule has 0 atom stereocenters. The van der Waals surface area contributed by atoms with E-state index < -0.39 is 5.41 Å². The normalized spacial score (nSPS) is 12.0. The van der Waals surface area contributed by atoms with Crippen molar-refractivity contribution in [1.82, 2.24) is 20.9 Å². The molecule has 0 aliphatic rings. The number of guanidine groups is 1. The molecule has 0 unspecified atom stereocenters. The van der Waals surface area contributed by atoms with Crippen LogP contribution in [0.3, 0.4) is 0 Å². The van der Waals surface area contributed by atoms with E-state index in [-0.39, 0.29) is 5.91 Å². The van der Waals surface area contributed by atoms with E-state index in [1.54, 1.807) is 20.4 Å². The second-order valence-corrected chi connectivity index (χ2v) is 6.75. The molecule has 0 spiro atoms. The average molecular weight is 357 g/mol. The highest BCUT2D eigenvalue weighted by Gasteiger charge is 2.26. The molecule has 0 aliphatic heterocycles. The van der Waals surface area contributed by atoms with Gasteiger partial charge in [0.2, 0.25) is 11.8 Å². The van der Waals surface area contributed by atoms with E-state index in [9.17, 15) is 4.79 Å². The number of benzene rings is 1. The molecule has 1 heterocycles. The van der Waals surface area contributed by atoms with Gasteiger partial charge in [-0.1, -0.05) is 17.7 Å². The maximum absolute atomic E-state index is 11.8. The van der Waals surface area contributed by atoms with Crippen LogP contribution < -0.4 is 16.0 Å². The van der Waals surface area contributed by atoms with Gasteiger partial charge in [0.15, 0.2) is 5.96 Å². The van der Waals surface area contributed by atoms with Crippen LogP contribution >= 0.6 is 0 Å². The summed E-state index contributed by atoms with van der Waals surface area (Å²) in [6.07, 6.45) is 1.63. The summed E-state index contributed by atoms with van der Waals surface area (Å²) in [5, 5.41) is 9.00. The highest BCUT2D eigenvalue weighted by Crippen LogP contribution is 2.19. The Bertz CT molecular complexity index is 762. The van der Waals surface area contributed by atoms with Crippen molar-refractivity contribution >= 4 is 11.9 Å². The first kappa shape index (κ1) is 19.5. The van der Waals surface area contributed by atoms with Gasteiger partial charge in [0, 0.05) is 26.2 Å². The van der Waals surface area contributed by atoms with Gasteiger partial charge in [-0.05, 0) is 32.9 Å². The second kappa shape index (κ2) is 8.51. The molecule has 7 nitrogen and oxygen atoms in total. The molecular formula is C19H27N5O2. The highest BCUT2D eigenvalue weighted by molar-refractivity contribution is 5.84. The van der Waals surface area contributed by atoms with E-state index in [0.29, 0.717) is 24.9 Å². The number of nitrogens with one attached hydrogen (secondary N) is 3. The van der Waals surface area contributed by atoms with Gasteiger partial charge in [0.1, 0.15) is 6.26 Å². The number of aliphatic imine (C=N–C) groups is 1. The molecule has 2 rings (SSSR count). The topological polar surface area (TPSA) is 91.6 Å². The first-order valence-electron chi connectivity index (χ1n) is 8.54. The van der Waals surface area contributed by atoms with Crippen molar-refractivity contribution in [3.63, 3.8) is 0 Å². The summed E-state index contributed by atoms with van der Waals surface area (Å²) >= 11 is 0. The number of amides is 1. The standard InChI is InChI=1S/C19H27N5O2/c1-13-6-8-14(9-7-13)16-24-15(11-26-16)10-22-18(21-5)23-12-19(2,3)17(25)20-4/h6-9,11H,10,12H2,1-5H3,(H,20,25)(H2,21,22,23). The quantitative estimate of drug-likeness (QED) is 0.544. The third-order valence-corrected chi connectivity index (χ3v) is 4.05. The summed E-state index contributed by atoms with van der Waals surface area (Å²) in [5.74, 6) is 1.16. The summed E-state index contributed by atoms with van der Waals surface area (Å²) in [6.45, 7) is 6.71. The molecule has 0 bridgehead atoms. The van der Waals surface area contributed by atoms with Crippen LogP contribution in [0.2, 0.25) is 0 Å². The third kappa shape index (κ3) is 5.08. The fourth-order valence-corrected chi connectivity index (χ4v) is 2.34. The second-order valence-electron chi connectivity index (χ2n) is 6.75. The monoisotopic (exact) mass is 357 g/mol. The zero-order valence-electron chi connectivity index (χ0n) is 16.0. The van der Waals surface area contributed by atoms with E-state index in [0.717, 1.165) is 11.3 Å². The lowest BCUT2D eigenvalue weighted by Crippen LogP contribution is -2.47. The van der Waals surface area contributed by atoms with Gasteiger partial charge < -0.3 is 20.4 Å². The van der Waals surface area contributed by atoms with Gasteiger partial charge in [-0.15, -0.1) is 0 Å². The fourth-order valence-electron chi connectivity index (χ4n) is 2.34. The number of rotatable bonds is 6. The minimum atomic E-state index is -0.543. The third-order valence-electron chi connectivity index (χ3n) is 4.05. The smallest absolute Gasteiger partial charge is 0.227 e. The van der Waals surface area contributed by atoms with E-state index in [1.807, 2.05) is 45.0 Å². The molecule has 0 aliphatic carbocycles. The van der Waals surface area contributed by atoms with Crippen LogP contribution in [-0.4, -0.2) is 37.5 Å². The minimum absolute atomic E-state index is 0.0281. The Kier molecular flexibility index (Phi) is 6.38. The zero-order valence-corrected chi connectivity index (χ0v) is 16.0. The Morgan fingerprint density at radius 1 is 1.23 bits per heavy atom. The molecule has 0 saturated carbocycles. The molecule has 1 aromatic heterocycles. The molecule has 140 valence electrons. The zero-order chi connectivity index (χ0) is 19.2. The molecule has 7 heteroatoms. The maximum Gasteiger partial charge on any atom is 0.227 e. The van der Waals surface area contributed by atoms with E-state index in [1.165, 1.54) is 5.56 Å². The maximum atomic E-state index is 11.8. The predicted molar refractivity (Wildman–Crippen MR) is 103 cm³/mol. The van der Waals surface area contributed by atoms with Gasteiger partial charge in [0.05, 0.1) is 17.7 Å². The number of aryl methyl sites for hydroxylation is 1. The van der Waals surface area contributed by atoms with Crippen molar-refractivity contribution in [1.29, 1.82) is 0 Å². The summed E-state index contributed by atoms with van der Waals surface area (Å²) < 4.78 is 5.55. The van der Waals surface area contributed by atoms with Crippen molar-refractivity contribution in [3.05, 3.63) is 41.8 Å².